The average molecular weight is 515 g/mol. The molecule has 0 spiro atoms. The Hall–Kier alpha value is -3.82. The van der Waals surface area contributed by atoms with Crippen LogP contribution in [0.2, 0.25) is 0 Å². The summed E-state index contributed by atoms with van der Waals surface area (Å²) in [4.78, 5) is 19.9. The molecule has 10 heteroatoms. The molecule has 0 saturated carbocycles. The minimum Gasteiger partial charge on any atom is -0.494 e. The van der Waals surface area contributed by atoms with Gasteiger partial charge in [-0.2, -0.15) is 13.2 Å². The highest BCUT2D eigenvalue weighted by Crippen LogP contribution is 2.35. The van der Waals surface area contributed by atoms with Gasteiger partial charge in [-0.15, -0.1) is 0 Å². The minimum absolute atomic E-state index is 0.000552. The van der Waals surface area contributed by atoms with Gasteiger partial charge in [0.1, 0.15) is 17.1 Å². The fourth-order valence-corrected chi connectivity index (χ4v) is 5.33. The number of alkyl halides is 3. The summed E-state index contributed by atoms with van der Waals surface area (Å²) < 4.78 is 64.1. The van der Waals surface area contributed by atoms with E-state index in [0.717, 1.165) is 6.07 Å². The van der Waals surface area contributed by atoms with Crippen LogP contribution in [0.1, 0.15) is 35.7 Å². The number of rotatable bonds is 5. The zero-order valence-electron chi connectivity index (χ0n) is 20.4. The number of piperidine rings is 1. The van der Waals surface area contributed by atoms with Crippen molar-refractivity contribution in [2.24, 2.45) is 0 Å². The van der Waals surface area contributed by atoms with E-state index < -0.39 is 17.4 Å². The molecule has 6 nitrogen and oxygen atoms in total. The van der Waals surface area contributed by atoms with E-state index in [1.165, 1.54) is 42.1 Å². The van der Waals surface area contributed by atoms with Gasteiger partial charge < -0.3 is 9.64 Å². The Morgan fingerprint density at radius 1 is 1.05 bits per heavy atom. The van der Waals surface area contributed by atoms with Crippen LogP contribution in [0.25, 0.3) is 11.0 Å². The highest BCUT2D eigenvalue weighted by molar-refractivity contribution is 5.83. The summed E-state index contributed by atoms with van der Waals surface area (Å²) >= 11 is 0. The van der Waals surface area contributed by atoms with Gasteiger partial charge in [-0.3, -0.25) is 14.1 Å². The maximum absolute atomic E-state index is 14.5. The van der Waals surface area contributed by atoms with Crippen LogP contribution >= 0.6 is 0 Å². The molecule has 2 aromatic carbocycles. The molecule has 1 aliphatic heterocycles. The number of hydrogen-bond donors (Lipinski definition) is 0. The van der Waals surface area contributed by atoms with E-state index in [-0.39, 0.29) is 24.0 Å². The number of aromatic nitrogens is 3. The standard InChI is InChI=1S/C27H26F4N4O2/c1-17-24(21(28)10-13-32-17)33-14-11-19(12-15-33)35-22-8-5-9-23(37-2)25(22)34(26(35)36)16-18-6-3-4-7-20(18)27(29,30)31/h3-10,13,19H,11-12,14-16H2,1-2H3. The van der Waals surface area contributed by atoms with Crippen molar-refractivity contribution in [3.63, 3.8) is 0 Å². The number of ether oxygens (including phenoxy) is 1. The number of hydrogen-bond acceptors (Lipinski definition) is 4. The number of halogens is 4. The number of anilines is 1. The van der Waals surface area contributed by atoms with E-state index in [0.29, 0.717) is 54.1 Å². The van der Waals surface area contributed by atoms with E-state index >= 15 is 0 Å². The summed E-state index contributed by atoms with van der Waals surface area (Å²) in [6, 6.07) is 11.6. The third-order valence-electron chi connectivity index (χ3n) is 7.02. The van der Waals surface area contributed by atoms with Crippen LogP contribution in [0.4, 0.5) is 23.2 Å². The Morgan fingerprint density at radius 2 is 1.78 bits per heavy atom. The van der Waals surface area contributed by atoms with Gasteiger partial charge in [0.05, 0.1) is 36.1 Å². The van der Waals surface area contributed by atoms with Crippen molar-refractivity contribution in [3.8, 4) is 5.75 Å². The normalized spacial score (nSPS) is 14.9. The summed E-state index contributed by atoms with van der Waals surface area (Å²) in [5, 5.41) is 0. The van der Waals surface area contributed by atoms with E-state index in [4.69, 9.17) is 4.74 Å². The zero-order valence-corrected chi connectivity index (χ0v) is 20.4. The fraction of sp³-hybridized carbons (Fsp3) is 0.333. The molecular weight excluding hydrogens is 488 g/mol. The van der Waals surface area contributed by atoms with Crippen molar-refractivity contribution in [1.29, 1.82) is 0 Å². The summed E-state index contributed by atoms with van der Waals surface area (Å²) in [6.45, 7) is 2.52. The lowest BCUT2D eigenvalue weighted by Crippen LogP contribution is -2.38. The number of para-hydroxylation sites is 1. The Balaban J connectivity index is 1.55. The largest absolute Gasteiger partial charge is 0.494 e. The molecule has 0 unspecified atom stereocenters. The first kappa shape index (κ1) is 24.9. The first-order chi connectivity index (χ1) is 17.7. The van der Waals surface area contributed by atoms with Gasteiger partial charge in [0.2, 0.25) is 0 Å². The van der Waals surface area contributed by atoms with Crippen LogP contribution in [-0.2, 0) is 12.7 Å². The Kier molecular flexibility index (Phi) is 6.43. The average Bonchev–Trinajstić information content (AvgIpc) is 3.15. The minimum atomic E-state index is -4.55. The molecular formula is C27H26F4N4O2. The molecule has 0 N–H and O–H groups in total. The molecule has 0 amide bonds. The third-order valence-corrected chi connectivity index (χ3v) is 7.02. The van der Waals surface area contributed by atoms with Crippen molar-refractivity contribution in [2.75, 3.05) is 25.1 Å². The van der Waals surface area contributed by atoms with Crippen molar-refractivity contribution in [2.45, 2.75) is 38.5 Å². The lowest BCUT2D eigenvalue weighted by atomic mass is 10.0. The summed E-state index contributed by atoms with van der Waals surface area (Å²) in [6.07, 6.45) is -2.00. The molecule has 5 rings (SSSR count). The predicted molar refractivity (Wildman–Crippen MR) is 133 cm³/mol. The third kappa shape index (κ3) is 4.45. The molecule has 194 valence electrons. The first-order valence-corrected chi connectivity index (χ1v) is 12.0. The van der Waals surface area contributed by atoms with Gasteiger partial charge >= 0.3 is 11.9 Å². The zero-order chi connectivity index (χ0) is 26.3. The lowest BCUT2D eigenvalue weighted by Gasteiger charge is -2.34. The first-order valence-electron chi connectivity index (χ1n) is 12.0. The Bertz CT molecular complexity index is 1480. The molecule has 0 radical (unpaired) electrons. The molecule has 0 bridgehead atoms. The molecule has 4 aromatic rings. The van der Waals surface area contributed by atoms with Crippen molar-refractivity contribution >= 4 is 16.7 Å². The maximum Gasteiger partial charge on any atom is 0.416 e. The lowest BCUT2D eigenvalue weighted by molar-refractivity contribution is -0.138. The molecule has 0 aliphatic carbocycles. The number of benzene rings is 2. The molecule has 2 aromatic heterocycles. The predicted octanol–water partition coefficient (Wildman–Crippen LogP) is 5.56. The monoisotopic (exact) mass is 514 g/mol. The van der Waals surface area contributed by atoms with Crippen LogP contribution in [0, 0.1) is 12.7 Å². The number of imidazole rings is 1. The van der Waals surface area contributed by atoms with Crippen LogP contribution in [-0.4, -0.2) is 34.3 Å². The second-order valence-electron chi connectivity index (χ2n) is 9.17. The summed E-state index contributed by atoms with van der Waals surface area (Å²) in [5.74, 6) is 0.0658. The number of nitrogens with zero attached hydrogens (tertiary/aromatic N) is 4. The van der Waals surface area contributed by atoms with Gasteiger partial charge in [-0.1, -0.05) is 24.3 Å². The van der Waals surface area contributed by atoms with E-state index in [2.05, 4.69) is 4.98 Å². The molecule has 0 atom stereocenters. The summed E-state index contributed by atoms with van der Waals surface area (Å²) in [7, 11) is 1.47. The van der Waals surface area contributed by atoms with Gasteiger partial charge in [-0.25, -0.2) is 9.18 Å². The van der Waals surface area contributed by atoms with Crippen LogP contribution < -0.4 is 15.3 Å². The second kappa shape index (κ2) is 9.57. The SMILES string of the molecule is COc1cccc2c1n(Cc1ccccc1C(F)(F)F)c(=O)n2C1CCN(c2c(F)ccnc2C)CC1. The van der Waals surface area contributed by atoms with Gasteiger partial charge in [0.15, 0.2) is 0 Å². The van der Waals surface area contributed by atoms with Gasteiger partial charge in [-0.05, 0) is 49.6 Å². The van der Waals surface area contributed by atoms with E-state index in [9.17, 15) is 22.4 Å². The molecule has 1 fully saturated rings. The number of methoxy groups -OCH3 is 1. The van der Waals surface area contributed by atoms with Crippen molar-refractivity contribution in [3.05, 3.63) is 87.9 Å². The molecule has 3 heterocycles. The summed E-state index contributed by atoms with van der Waals surface area (Å²) in [5.41, 5.74) is 0.916. The molecule has 1 saturated heterocycles. The van der Waals surface area contributed by atoms with Crippen LogP contribution in [0.15, 0.2) is 59.5 Å². The molecule has 1 aliphatic rings. The Labute approximate surface area is 210 Å². The van der Waals surface area contributed by atoms with E-state index in [1.807, 2.05) is 4.90 Å². The van der Waals surface area contributed by atoms with Crippen molar-refractivity contribution in [1.82, 2.24) is 14.1 Å². The topological polar surface area (TPSA) is 52.3 Å². The molecule has 37 heavy (non-hydrogen) atoms. The van der Waals surface area contributed by atoms with Gasteiger partial charge in [0, 0.05) is 25.3 Å². The van der Waals surface area contributed by atoms with Crippen LogP contribution in [0.3, 0.4) is 0 Å². The highest BCUT2D eigenvalue weighted by atomic mass is 19.4. The fourth-order valence-electron chi connectivity index (χ4n) is 5.33. The quantitative estimate of drug-likeness (QED) is 0.327. The van der Waals surface area contributed by atoms with Crippen molar-refractivity contribution < 1.29 is 22.3 Å². The number of fused-ring (bicyclic) bond motifs is 1. The number of pyridine rings is 1. The second-order valence-corrected chi connectivity index (χ2v) is 9.17. The van der Waals surface area contributed by atoms with E-state index in [1.54, 1.807) is 29.7 Å². The van der Waals surface area contributed by atoms with Gasteiger partial charge in [0.25, 0.3) is 0 Å². The van der Waals surface area contributed by atoms with Crippen LogP contribution in [0.5, 0.6) is 5.75 Å². The Morgan fingerprint density at radius 3 is 2.46 bits per heavy atom. The smallest absolute Gasteiger partial charge is 0.416 e. The maximum atomic E-state index is 14.5. The number of aryl methyl sites for hydroxylation is 1. The highest BCUT2D eigenvalue weighted by Gasteiger charge is 2.34.